The average Bonchev–Trinajstić information content (AvgIpc) is 3.14. The van der Waals surface area contributed by atoms with E-state index in [1.165, 1.54) is 11.1 Å². The minimum Gasteiger partial charge on any atom is -0.325 e. The molecule has 0 N–H and O–H groups in total. The molecule has 0 aliphatic carbocycles. The number of Topliss-reactive ketones (excluding diaryl/α,β-unsaturated/α-hetero) is 1. The van der Waals surface area contributed by atoms with Crippen LogP contribution in [0.3, 0.4) is 0 Å². The summed E-state index contributed by atoms with van der Waals surface area (Å²) in [5.74, 6) is 0.890. The van der Waals surface area contributed by atoms with Gasteiger partial charge in [-0.2, -0.15) is 0 Å². The number of unbranched alkanes of at least 4 members (excludes halogenated alkanes) is 1. The Labute approximate surface area is 178 Å². The van der Waals surface area contributed by atoms with Crippen LogP contribution in [-0.2, 0) is 13.5 Å². The first-order valence-electron chi connectivity index (χ1n) is 10.8. The summed E-state index contributed by atoms with van der Waals surface area (Å²) >= 11 is 0. The van der Waals surface area contributed by atoms with Crippen LogP contribution in [0.4, 0.5) is 0 Å². The number of para-hydroxylation sites is 2. The van der Waals surface area contributed by atoms with E-state index in [0.29, 0.717) is 12.2 Å². The predicted octanol–water partition coefficient (Wildman–Crippen LogP) is 6.34. The van der Waals surface area contributed by atoms with Gasteiger partial charge in [0.15, 0.2) is 11.6 Å². The van der Waals surface area contributed by atoms with Gasteiger partial charge in [0.2, 0.25) is 0 Å². The highest BCUT2D eigenvalue weighted by Gasteiger charge is 2.21. The second kappa shape index (κ2) is 9.53. The summed E-state index contributed by atoms with van der Waals surface area (Å²) in [5.41, 5.74) is 4.50. The summed E-state index contributed by atoms with van der Waals surface area (Å²) in [6.45, 7) is 0. The molecule has 30 heavy (non-hydrogen) atoms. The van der Waals surface area contributed by atoms with Gasteiger partial charge < -0.3 is 4.57 Å². The number of carbonyl (C=O) groups is 1. The Morgan fingerprint density at radius 2 is 1.53 bits per heavy atom. The third-order valence-corrected chi connectivity index (χ3v) is 5.85. The Morgan fingerprint density at radius 1 is 0.867 bits per heavy atom. The van der Waals surface area contributed by atoms with Crippen molar-refractivity contribution in [3.63, 3.8) is 0 Å². The molecule has 0 bridgehead atoms. The topological polar surface area (TPSA) is 34.9 Å². The quantitative estimate of drug-likeness (QED) is 0.244. The molecule has 4 rings (SSSR count). The van der Waals surface area contributed by atoms with E-state index in [2.05, 4.69) is 59.6 Å². The number of aromatic nitrogens is 2. The van der Waals surface area contributed by atoms with Gasteiger partial charge in [-0.3, -0.25) is 4.79 Å². The van der Waals surface area contributed by atoms with Crippen LogP contribution in [0, 0.1) is 0 Å². The van der Waals surface area contributed by atoms with Gasteiger partial charge in [-0.15, -0.1) is 0 Å². The van der Waals surface area contributed by atoms with E-state index in [9.17, 15) is 4.79 Å². The highest BCUT2D eigenvalue weighted by Crippen LogP contribution is 2.28. The molecular formula is C27H28N2O. The van der Waals surface area contributed by atoms with Gasteiger partial charge in [-0.05, 0) is 48.4 Å². The first kappa shape index (κ1) is 20.1. The molecule has 1 aromatic heterocycles. The van der Waals surface area contributed by atoms with Crippen LogP contribution in [0.2, 0.25) is 0 Å². The number of fused-ring (bicyclic) bond motifs is 1. The van der Waals surface area contributed by atoms with Crippen molar-refractivity contribution in [1.29, 1.82) is 0 Å². The molecule has 0 aliphatic heterocycles. The van der Waals surface area contributed by atoms with Crippen molar-refractivity contribution in [3.05, 3.63) is 102 Å². The molecule has 3 nitrogen and oxygen atoms in total. The molecule has 152 valence electrons. The van der Waals surface area contributed by atoms with E-state index in [1.807, 2.05) is 41.9 Å². The number of benzene rings is 3. The lowest BCUT2D eigenvalue weighted by atomic mass is 9.88. The SMILES string of the molecule is Cn1c(C(=O)CC(CCCCc2ccccc2)c2ccccc2)nc2ccccc21. The van der Waals surface area contributed by atoms with Gasteiger partial charge in [0.05, 0.1) is 11.0 Å². The van der Waals surface area contributed by atoms with Crippen molar-refractivity contribution in [3.8, 4) is 0 Å². The standard InChI is InChI=1S/C27H28N2O/c1-29-25-19-11-10-18-24(25)28-27(29)26(30)20-23(22-15-6-3-7-16-22)17-9-8-14-21-12-4-2-5-13-21/h2-7,10-13,15-16,18-19,23H,8-9,14,17,20H2,1H3. The van der Waals surface area contributed by atoms with Gasteiger partial charge in [0.25, 0.3) is 0 Å². The Morgan fingerprint density at radius 3 is 2.27 bits per heavy atom. The average molecular weight is 397 g/mol. The molecule has 0 saturated carbocycles. The highest BCUT2D eigenvalue weighted by molar-refractivity contribution is 5.96. The van der Waals surface area contributed by atoms with Gasteiger partial charge in [-0.1, -0.05) is 79.2 Å². The van der Waals surface area contributed by atoms with E-state index >= 15 is 0 Å². The van der Waals surface area contributed by atoms with Crippen LogP contribution in [0.15, 0.2) is 84.9 Å². The van der Waals surface area contributed by atoms with Crippen molar-refractivity contribution >= 4 is 16.8 Å². The van der Waals surface area contributed by atoms with Crippen LogP contribution in [0.1, 0.15) is 53.3 Å². The number of hydrogen-bond acceptors (Lipinski definition) is 2. The Balaban J connectivity index is 1.45. The number of hydrogen-bond donors (Lipinski definition) is 0. The lowest BCUT2D eigenvalue weighted by Crippen LogP contribution is -2.12. The molecule has 0 radical (unpaired) electrons. The molecule has 1 atom stereocenters. The molecule has 0 spiro atoms. The van der Waals surface area contributed by atoms with Gasteiger partial charge in [-0.25, -0.2) is 4.98 Å². The fourth-order valence-corrected chi connectivity index (χ4v) is 4.19. The van der Waals surface area contributed by atoms with Crippen molar-refractivity contribution in [1.82, 2.24) is 9.55 Å². The van der Waals surface area contributed by atoms with E-state index in [4.69, 9.17) is 0 Å². The lowest BCUT2D eigenvalue weighted by Gasteiger charge is -2.17. The minimum atomic E-state index is 0.116. The Bertz CT molecular complexity index is 1100. The third-order valence-electron chi connectivity index (χ3n) is 5.85. The zero-order valence-corrected chi connectivity index (χ0v) is 17.5. The molecule has 0 aliphatic rings. The molecule has 3 aromatic carbocycles. The molecule has 0 fully saturated rings. The number of imidazole rings is 1. The summed E-state index contributed by atoms with van der Waals surface area (Å²) in [7, 11) is 1.93. The van der Waals surface area contributed by atoms with Gasteiger partial charge in [0.1, 0.15) is 0 Å². The van der Waals surface area contributed by atoms with Crippen LogP contribution in [0.25, 0.3) is 11.0 Å². The molecule has 4 aromatic rings. The predicted molar refractivity (Wildman–Crippen MR) is 123 cm³/mol. The van der Waals surface area contributed by atoms with E-state index in [-0.39, 0.29) is 11.7 Å². The van der Waals surface area contributed by atoms with Crippen molar-refractivity contribution < 1.29 is 4.79 Å². The van der Waals surface area contributed by atoms with E-state index < -0.39 is 0 Å². The minimum absolute atomic E-state index is 0.116. The van der Waals surface area contributed by atoms with Crippen LogP contribution < -0.4 is 0 Å². The summed E-state index contributed by atoms with van der Waals surface area (Å²) < 4.78 is 1.93. The molecule has 1 heterocycles. The normalized spacial score (nSPS) is 12.2. The van der Waals surface area contributed by atoms with Gasteiger partial charge in [0, 0.05) is 13.5 Å². The number of rotatable bonds is 9. The summed E-state index contributed by atoms with van der Waals surface area (Å²) in [6.07, 6.45) is 4.82. The fourth-order valence-electron chi connectivity index (χ4n) is 4.19. The van der Waals surface area contributed by atoms with E-state index in [1.54, 1.807) is 0 Å². The number of carbonyl (C=O) groups excluding carboxylic acids is 1. The summed E-state index contributed by atoms with van der Waals surface area (Å²) in [4.78, 5) is 17.8. The van der Waals surface area contributed by atoms with Crippen molar-refractivity contribution in [2.45, 2.75) is 38.0 Å². The molecule has 0 amide bonds. The second-order valence-electron chi connectivity index (χ2n) is 7.95. The zero-order valence-electron chi connectivity index (χ0n) is 17.5. The Kier molecular flexibility index (Phi) is 6.38. The molecule has 3 heteroatoms. The first-order chi connectivity index (χ1) is 14.7. The smallest absolute Gasteiger partial charge is 0.198 e. The zero-order chi connectivity index (χ0) is 20.8. The molecular weight excluding hydrogens is 368 g/mol. The number of nitrogens with zero attached hydrogens (tertiary/aromatic N) is 2. The van der Waals surface area contributed by atoms with Crippen LogP contribution in [0.5, 0.6) is 0 Å². The maximum atomic E-state index is 13.2. The Hall–Kier alpha value is -3.20. The number of ketones is 1. The number of aryl methyl sites for hydroxylation is 2. The molecule has 1 unspecified atom stereocenters. The highest BCUT2D eigenvalue weighted by atomic mass is 16.1. The summed E-state index contributed by atoms with van der Waals surface area (Å²) in [6, 6.07) is 29.0. The van der Waals surface area contributed by atoms with Gasteiger partial charge >= 0.3 is 0 Å². The monoisotopic (exact) mass is 396 g/mol. The van der Waals surface area contributed by atoms with Crippen molar-refractivity contribution in [2.24, 2.45) is 7.05 Å². The molecule has 0 saturated heterocycles. The maximum Gasteiger partial charge on any atom is 0.198 e. The van der Waals surface area contributed by atoms with Crippen molar-refractivity contribution in [2.75, 3.05) is 0 Å². The maximum absolute atomic E-state index is 13.2. The third kappa shape index (κ3) is 4.68. The summed E-state index contributed by atoms with van der Waals surface area (Å²) in [5, 5.41) is 0. The second-order valence-corrected chi connectivity index (χ2v) is 7.95. The van der Waals surface area contributed by atoms with E-state index in [0.717, 1.165) is 36.7 Å². The largest absolute Gasteiger partial charge is 0.325 e. The lowest BCUT2D eigenvalue weighted by molar-refractivity contribution is 0.0959. The fraction of sp³-hybridized carbons (Fsp3) is 0.259. The van der Waals surface area contributed by atoms with Crippen LogP contribution >= 0.6 is 0 Å². The first-order valence-corrected chi connectivity index (χ1v) is 10.8. The van der Waals surface area contributed by atoms with Crippen LogP contribution in [-0.4, -0.2) is 15.3 Å².